The van der Waals surface area contributed by atoms with E-state index in [1.807, 2.05) is 49.4 Å². The van der Waals surface area contributed by atoms with Gasteiger partial charge in [-0.3, -0.25) is 4.79 Å². The Bertz CT molecular complexity index is 1260. The Kier molecular flexibility index (Phi) is 7.79. The normalized spacial score (nSPS) is 14.9. The lowest BCUT2D eigenvalue weighted by atomic mass is 10.2. The van der Waals surface area contributed by atoms with Gasteiger partial charge in [-0.2, -0.15) is 4.31 Å². The van der Waals surface area contributed by atoms with E-state index in [9.17, 15) is 13.2 Å². The van der Waals surface area contributed by atoms with Crippen LogP contribution in [0.1, 0.15) is 11.8 Å². The predicted molar refractivity (Wildman–Crippen MR) is 135 cm³/mol. The molecular weight excluding hydrogens is 472 g/mol. The van der Waals surface area contributed by atoms with Crippen LogP contribution >= 0.6 is 11.3 Å². The number of hydrogen-bond donors (Lipinski definition) is 1. The van der Waals surface area contributed by atoms with Gasteiger partial charge in [0, 0.05) is 28.9 Å². The number of nitrogens with one attached hydrogen (secondary N) is 1. The van der Waals surface area contributed by atoms with Crippen LogP contribution in [0.4, 0.5) is 5.69 Å². The molecule has 3 aromatic rings. The van der Waals surface area contributed by atoms with E-state index >= 15 is 0 Å². The minimum atomic E-state index is -3.70. The molecule has 1 aliphatic heterocycles. The Morgan fingerprint density at radius 2 is 1.88 bits per heavy atom. The van der Waals surface area contributed by atoms with E-state index in [4.69, 9.17) is 9.47 Å². The molecule has 4 rings (SSSR count). The number of nitrogens with zero attached hydrogens (tertiary/aromatic N) is 1. The van der Waals surface area contributed by atoms with Crippen LogP contribution in [0.25, 0.3) is 16.5 Å². The molecule has 2 aromatic carbocycles. The fourth-order valence-electron chi connectivity index (χ4n) is 3.52. The van der Waals surface area contributed by atoms with E-state index in [-0.39, 0.29) is 10.8 Å². The summed E-state index contributed by atoms with van der Waals surface area (Å²) >= 11 is 1.58. The molecular formula is C25H26N2O5S2. The average molecular weight is 499 g/mol. The summed E-state index contributed by atoms with van der Waals surface area (Å²) in [5.74, 6) is 0.0317. The summed E-state index contributed by atoms with van der Waals surface area (Å²) in [5.41, 5.74) is 1.43. The number of benzene rings is 2. The van der Waals surface area contributed by atoms with Crippen molar-refractivity contribution >= 4 is 39.0 Å². The van der Waals surface area contributed by atoms with Gasteiger partial charge in [0.2, 0.25) is 15.9 Å². The van der Waals surface area contributed by atoms with Crippen molar-refractivity contribution in [3.05, 3.63) is 71.6 Å². The third kappa shape index (κ3) is 5.74. The van der Waals surface area contributed by atoms with Gasteiger partial charge in [-0.15, -0.1) is 11.3 Å². The number of hydrogen-bond acceptors (Lipinski definition) is 6. The van der Waals surface area contributed by atoms with Crippen LogP contribution in [0.5, 0.6) is 5.75 Å². The number of rotatable bonds is 8. The molecule has 9 heteroatoms. The van der Waals surface area contributed by atoms with Crippen molar-refractivity contribution in [2.75, 3.05) is 38.2 Å². The molecule has 7 nitrogen and oxygen atoms in total. The first-order chi connectivity index (χ1) is 16.5. The quantitative estimate of drug-likeness (QED) is 0.463. The molecule has 0 spiro atoms. The second-order valence-electron chi connectivity index (χ2n) is 7.50. The second kappa shape index (κ2) is 11.0. The number of carbonyl (C=O) groups is 1. The third-order valence-corrected chi connectivity index (χ3v) is 8.19. The van der Waals surface area contributed by atoms with Crippen molar-refractivity contribution in [1.29, 1.82) is 0 Å². The van der Waals surface area contributed by atoms with Crippen molar-refractivity contribution in [2.24, 2.45) is 0 Å². The summed E-state index contributed by atoms with van der Waals surface area (Å²) in [7, 11) is -3.70. The van der Waals surface area contributed by atoms with Crippen LogP contribution in [-0.2, 0) is 19.6 Å². The first-order valence-corrected chi connectivity index (χ1v) is 13.2. The van der Waals surface area contributed by atoms with Crippen molar-refractivity contribution in [3.8, 4) is 16.2 Å². The average Bonchev–Trinajstić information content (AvgIpc) is 3.34. The predicted octanol–water partition coefficient (Wildman–Crippen LogP) is 4.49. The topological polar surface area (TPSA) is 84.9 Å². The minimum absolute atomic E-state index is 0.0999. The molecule has 1 aromatic heterocycles. The van der Waals surface area contributed by atoms with E-state index in [2.05, 4.69) is 5.32 Å². The largest absolute Gasteiger partial charge is 0.492 e. The fourth-order valence-corrected chi connectivity index (χ4v) is 5.87. The van der Waals surface area contributed by atoms with Gasteiger partial charge in [0.25, 0.3) is 0 Å². The summed E-state index contributed by atoms with van der Waals surface area (Å²) in [6, 6.07) is 18.5. The van der Waals surface area contributed by atoms with Gasteiger partial charge < -0.3 is 14.8 Å². The summed E-state index contributed by atoms with van der Waals surface area (Å²) in [5, 5.41) is 2.77. The Hall–Kier alpha value is -2.98. The van der Waals surface area contributed by atoms with Gasteiger partial charge in [-0.25, -0.2) is 8.42 Å². The Morgan fingerprint density at radius 3 is 2.62 bits per heavy atom. The zero-order valence-electron chi connectivity index (χ0n) is 18.8. The standard InChI is InChI=1S/C25H26N2O5S2/c1-2-32-23-11-10-21(34(29,30)27-14-16-31-17-15-27)18-22(23)26-25(28)13-9-20-8-12-24(33-20)19-6-4-3-5-7-19/h3-13,18H,2,14-17H2,1H3,(H,26,28)/b13-9+. The molecule has 1 fully saturated rings. The van der Waals surface area contributed by atoms with Crippen LogP contribution in [0.15, 0.2) is 71.6 Å². The lowest BCUT2D eigenvalue weighted by Crippen LogP contribution is -2.40. The molecule has 0 radical (unpaired) electrons. The molecule has 1 amide bonds. The molecule has 0 saturated carbocycles. The van der Waals surface area contributed by atoms with E-state index in [0.29, 0.717) is 44.3 Å². The number of carbonyl (C=O) groups excluding carboxylic acids is 1. The highest BCUT2D eigenvalue weighted by Crippen LogP contribution is 2.31. The van der Waals surface area contributed by atoms with Crippen LogP contribution in [0, 0.1) is 0 Å². The smallest absolute Gasteiger partial charge is 0.248 e. The van der Waals surface area contributed by atoms with Gasteiger partial charge in [0.1, 0.15) is 5.75 Å². The number of ether oxygens (including phenoxy) is 2. The zero-order valence-corrected chi connectivity index (χ0v) is 20.4. The molecule has 0 aliphatic carbocycles. The first-order valence-electron chi connectivity index (χ1n) is 11.0. The highest BCUT2D eigenvalue weighted by atomic mass is 32.2. The maximum Gasteiger partial charge on any atom is 0.248 e. The second-order valence-corrected chi connectivity index (χ2v) is 10.6. The first kappa shape index (κ1) is 24.2. The number of anilines is 1. The van der Waals surface area contributed by atoms with Crippen molar-refractivity contribution in [2.45, 2.75) is 11.8 Å². The Balaban J connectivity index is 1.51. The third-order valence-electron chi connectivity index (χ3n) is 5.20. The van der Waals surface area contributed by atoms with Crippen LogP contribution in [0.2, 0.25) is 0 Å². The summed E-state index contributed by atoms with van der Waals surface area (Å²) in [4.78, 5) is 14.8. The Morgan fingerprint density at radius 1 is 1.12 bits per heavy atom. The number of morpholine rings is 1. The van der Waals surface area contributed by atoms with Crippen LogP contribution in [0.3, 0.4) is 0 Å². The van der Waals surface area contributed by atoms with Crippen LogP contribution in [-0.4, -0.2) is 51.5 Å². The van der Waals surface area contributed by atoms with Gasteiger partial charge in [0.15, 0.2) is 0 Å². The zero-order chi connectivity index (χ0) is 24.0. The maximum atomic E-state index is 13.0. The number of amides is 1. The summed E-state index contributed by atoms with van der Waals surface area (Å²) in [6.45, 7) is 3.52. The van der Waals surface area contributed by atoms with Crippen molar-refractivity contribution in [3.63, 3.8) is 0 Å². The molecule has 1 aliphatic rings. The Labute approximate surface area is 203 Å². The molecule has 0 atom stereocenters. The summed E-state index contributed by atoms with van der Waals surface area (Å²) < 4.78 is 38.3. The van der Waals surface area contributed by atoms with E-state index in [1.165, 1.54) is 22.5 Å². The number of thiophene rings is 1. The molecule has 1 N–H and O–H groups in total. The molecule has 178 valence electrons. The van der Waals surface area contributed by atoms with E-state index < -0.39 is 10.0 Å². The van der Waals surface area contributed by atoms with Gasteiger partial charge in [-0.1, -0.05) is 30.3 Å². The minimum Gasteiger partial charge on any atom is -0.492 e. The lowest BCUT2D eigenvalue weighted by Gasteiger charge is -2.26. The summed E-state index contributed by atoms with van der Waals surface area (Å²) in [6.07, 6.45) is 3.17. The van der Waals surface area contributed by atoms with Gasteiger partial charge in [0.05, 0.1) is 30.4 Å². The highest BCUT2D eigenvalue weighted by molar-refractivity contribution is 7.89. The van der Waals surface area contributed by atoms with Gasteiger partial charge >= 0.3 is 0 Å². The SMILES string of the molecule is CCOc1ccc(S(=O)(=O)N2CCOCC2)cc1NC(=O)/C=C/c1ccc(-c2ccccc2)s1. The highest BCUT2D eigenvalue weighted by Gasteiger charge is 2.27. The molecule has 0 unspecified atom stereocenters. The monoisotopic (exact) mass is 498 g/mol. The van der Waals surface area contributed by atoms with E-state index in [1.54, 1.807) is 23.5 Å². The van der Waals surface area contributed by atoms with Crippen molar-refractivity contribution in [1.82, 2.24) is 4.31 Å². The molecule has 0 bridgehead atoms. The van der Waals surface area contributed by atoms with E-state index in [0.717, 1.165) is 15.3 Å². The maximum absolute atomic E-state index is 13.0. The molecule has 2 heterocycles. The fraction of sp³-hybridized carbons (Fsp3) is 0.240. The van der Waals surface area contributed by atoms with Crippen LogP contribution < -0.4 is 10.1 Å². The number of sulfonamides is 1. The lowest BCUT2D eigenvalue weighted by molar-refractivity contribution is -0.111. The van der Waals surface area contributed by atoms with Crippen molar-refractivity contribution < 1.29 is 22.7 Å². The van der Waals surface area contributed by atoms with Gasteiger partial charge in [-0.05, 0) is 48.9 Å². The molecule has 34 heavy (non-hydrogen) atoms. The molecule has 1 saturated heterocycles.